The monoisotopic (exact) mass is 368 g/mol. The average Bonchev–Trinajstić information content (AvgIpc) is 3.13. The normalized spacial score (nSPS) is 10.7. The maximum absolute atomic E-state index is 12.5. The van der Waals surface area contributed by atoms with Crippen LogP contribution in [0, 0.1) is 0 Å². The minimum Gasteiger partial charge on any atom is -0.496 e. The van der Waals surface area contributed by atoms with Gasteiger partial charge in [0.2, 0.25) is 5.16 Å². The Hall–Kier alpha value is -2.67. The Morgan fingerprint density at radius 1 is 1.19 bits per heavy atom. The van der Waals surface area contributed by atoms with Crippen LogP contribution in [0.2, 0.25) is 0 Å². The van der Waals surface area contributed by atoms with Crippen LogP contribution in [0.5, 0.6) is 5.75 Å². The molecule has 26 heavy (non-hydrogen) atoms. The SMILES string of the molecule is CCc1ccc(C(=O)CSc2nnnn2Cc2ccccc2)cc1OC. The van der Waals surface area contributed by atoms with E-state index in [-0.39, 0.29) is 11.5 Å². The average molecular weight is 368 g/mol. The molecule has 0 unspecified atom stereocenters. The molecule has 3 aromatic rings. The molecule has 3 rings (SSSR count). The Morgan fingerprint density at radius 3 is 2.73 bits per heavy atom. The van der Waals surface area contributed by atoms with Crippen molar-refractivity contribution in [3.63, 3.8) is 0 Å². The summed E-state index contributed by atoms with van der Waals surface area (Å²) < 4.78 is 7.07. The van der Waals surface area contributed by atoms with Gasteiger partial charge in [-0.2, -0.15) is 0 Å². The van der Waals surface area contributed by atoms with E-state index in [1.54, 1.807) is 17.9 Å². The highest BCUT2D eigenvalue weighted by molar-refractivity contribution is 7.99. The number of thioether (sulfide) groups is 1. The highest BCUT2D eigenvalue weighted by atomic mass is 32.2. The van der Waals surface area contributed by atoms with Gasteiger partial charge in [0.05, 0.1) is 19.4 Å². The molecule has 7 heteroatoms. The van der Waals surface area contributed by atoms with E-state index in [1.165, 1.54) is 11.8 Å². The number of aryl methyl sites for hydroxylation is 1. The third-order valence-electron chi connectivity index (χ3n) is 4.00. The van der Waals surface area contributed by atoms with Crippen molar-refractivity contribution in [3.05, 3.63) is 65.2 Å². The van der Waals surface area contributed by atoms with Gasteiger partial charge in [-0.15, -0.1) is 5.10 Å². The molecule has 2 aromatic carbocycles. The van der Waals surface area contributed by atoms with E-state index in [4.69, 9.17) is 4.74 Å². The number of ketones is 1. The number of hydrogen-bond donors (Lipinski definition) is 0. The summed E-state index contributed by atoms with van der Waals surface area (Å²) in [5.74, 6) is 1.03. The first kappa shape index (κ1) is 18.1. The maximum Gasteiger partial charge on any atom is 0.210 e. The third-order valence-corrected chi connectivity index (χ3v) is 4.95. The van der Waals surface area contributed by atoms with Crippen molar-refractivity contribution in [1.82, 2.24) is 20.2 Å². The smallest absolute Gasteiger partial charge is 0.210 e. The summed E-state index contributed by atoms with van der Waals surface area (Å²) in [6.07, 6.45) is 0.862. The zero-order chi connectivity index (χ0) is 18.4. The summed E-state index contributed by atoms with van der Waals surface area (Å²) >= 11 is 1.34. The number of ether oxygens (including phenoxy) is 1. The molecule has 0 N–H and O–H groups in total. The number of hydrogen-bond acceptors (Lipinski definition) is 6. The Labute approximate surface area is 156 Å². The van der Waals surface area contributed by atoms with E-state index in [2.05, 4.69) is 22.4 Å². The molecule has 6 nitrogen and oxygen atoms in total. The summed E-state index contributed by atoms with van der Waals surface area (Å²) in [5.41, 5.74) is 2.82. The second-order valence-electron chi connectivity index (χ2n) is 5.70. The Bertz CT molecular complexity index is 880. The van der Waals surface area contributed by atoms with Gasteiger partial charge < -0.3 is 4.74 Å². The number of rotatable bonds is 8. The number of Topliss-reactive ketones (excluding diaryl/α,β-unsaturated/α-hetero) is 1. The predicted molar refractivity (Wildman–Crippen MR) is 101 cm³/mol. The minimum absolute atomic E-state index is 0.0187. The molecule has 1 aromatic heterocycles. The van der Waals surface area contributed by atoms with E-state index in [9.17, 15) is 4.79 Å². The molecule has 0 aliphatic carbocycles. The lowest BCUT2D eigenvalue weighted by Crippen LogP contribution is -2.07. The fourth-order valence-corrected chi connectivity index (χ4v) is 3.35. The van der Waals surface area contributed by atoms with Crippen LogP contribution >= 0.6 is 11.8 Å². The number of aromatic nitrogens is 4. The molecule has 0 spiro atoms. The highest BCUT2D eigenvalue weighted by Crippen LogP contribution is 2.23. The fraction of sp³-hybridized carbons (Fsp3) is 0.263. The third kappa shape index (κ3) is 4.29. The van der Waals surface area contributed by atoms with E-state index in [0.29, 0.717) is 17.3 Å². The van der Waals surface area contributed by atoms with Crippen molar-refractivity contribution in [3.8, 4) is 5.75 Å². The number of carbonyl (C=O) groups is 1. The van der Waals surface area contributed by atoms with E-state index < -0.39 is 0 Å². The van der Waals surface area contributed by atoms with Crippen molar-refractivity contribution in [2.24, 2.45) is 0 Å². The number of tetrazole rings is 1. The zero-order valence-corrected chi connectivity index (χ0v) is 15.6. The Kier molecular flexibility index (Phi) is 6.01. The van der Waals surface area contributed by atoms with Crippen molar-refractivity contribution in [1.29, 1.82) is 0 Å². The van der Waals surface area contributed by atoms with Crippen LogP contribution in [0.1, 0.15) is 28.4 Å². The second kappa shape index (κ2) is 8.62. The van der Waals surface area contributed by atoms with Crippen LogP contribution in [0.4, 0.5) is 0 Å². The van der Waals surface area contributed by atoms with Crippen LogP contribution in [0.15, 0.2) is 53.7 Å². The van der Waals surface area contributed by atoms with Gasteiger partial charge in [-0.3, -0.25) is 4.79 Å². The predicted octanol–water partition coefficient (Wildman–Crippen LogP) is 3.27. The van der Waals surface area contributed by atoms with Crippen molar-refractivity contribution in [2.45, 2.75) is 25.0 Å². The summed E-state index contributed by atoms with van der Waals surface area (Å²) in [7, 11) is 1.62. The molecule has 0 saturated carbocycles. The van der Waals surface area contributed by atoms with Crippen molar-refractivity contribution < 1.29 is 9.53 Å². The van der Waals surface area contributed by atoms with Crippen LogP contribution in [0.3, 0.4) is 0 Å². The molecule has 0 aliphatic rings. The largest absolute Gasteiger partial charge is 0.496 e. The van der Waals surface area contributed by atoms with Gasteiger partial charge >= 0.3 is 0 Å². The molecule has 0 bridgehead atoms. The van der Waals surface area contributed by atoms with Crippen LogP contribution in [-0.4, -0.2) is 38.9 Å². The number of nitrogens with zero attached hydrogens (tertiary/aromatic N) is 4. The molecule has 0 aliphatic heterocycles. The fourth-order valence-electron chi connectivity index (χ4n) is 2.58. The molecule has 0 atom stereocenters. The molecule has 0 fully saturated rings. The second-order valence-corrected chi connectivity index (χ2v) is 6.64. The number of methoxy groups -OCH3 is 1. The number of carbonyl (C=O) groups excluding carboxylic acids is 1. The Balaban J connectivity index is 1.66. The summed E-state index contributed by atoms with van der Waals surface area (Å²) in [5, 5.41) is 12.4. The van der Waals surface area contributed by atoms with Gasteiger partial charge in [0.15, 0.2) is 5.78 Å². The van der Waals surface area contributed by atoms with Crippen LogP contribution in [-0.2, 0) is 13.0 Å². The van der Waals surface area contributed by atoms with E-state index in [1.807, 2.05) is 42.5 Å². The standard InChI is InChI=1S/C19H20N4O2S/c1-3-15-9-10-16(11-18(15)25-2)17(24)13-26-19-20-21-22-23(19)12-14-7-5-4-6-8-14/h4-11H,3,12-13H2,1-2H3. The molecule has 0 radical (unpaired) electrons. The van der Waals surface area contributed by atoms with Gasteiger partial charge in [-0.05, 0) is 34.0 Å². The molecular weight excluding hydrogens is 348 g/mol. The first-order valence-electron chi connectivity index (χ1n) is 8.34. The molecule has 0 amide bonds. The van der Waals surface area contributed by atoms with E-state index in [0.717, 1.165) is 23.3 Å². The maximum atomic E-state index is 12.5. The lowest BCUT2D eigenvalue weighted by Gasteiger charge is -2.09. The molecule has 1 heterocycles. The lowest BCUT2D eigenvalue weighted by molar-refractivity contribution is 0.102. The quantitative estimate of drug-likeness (QED) is 0.449. The van der Waals surface area contributed by atoms with Crippen LogP contribution in [0.25, 0.3) is 0 Å². The zero-order valence-electron chi connectivity index (χ0n) is 14.8. The summed E-state index contributed by atoms with van der Waals surface area (Å²) in [4.78, 5) is 12.5. The number of benzene rings is 2. The van der Waals surface area contributed by atoms with Gasteiger partial charge in [-0.25, -0.2) is 4.68 Å². The summed E-state index contributed by atoms with van der Waals surface area (Å²) in [6, 6.07) is 15.5. The Morgan fingerprint density at radius 2 is 2.00 bits per heavy atom. The first-order chi connectivity index (χ1) is 12.7. The van der Waals surface area contributed by atoms with Gasteiger partial charge in [-0.1, -0.05) is 61.2 Å². The minimum atomic E-state index is 0.0187. The van der Waals surface area contributed by atoms with Crippen molar-refractivity contribution in [2.75, 3.05) is 12.9 Å². The molecule has 0 saturated heterocycles. The van der Waals surface area contributed by atoms with Crippen LogP contribution < -0.4 is 4.74 Å². The lowest BCUT2D eigenvalue weighted by atomic mass is 10.1. The highest BCUT2D eigenvalue weighted by Gasteiger charge is 2.13. The van der Waals surface area contributed by atoms with Gasteiger partial charge in [0.25, 0.3) is 0 Å². The van der Waals surface area contributed by atoms with Gasteiger partial charge in [0.1, 0.15) is 5.75 Å². The van der Waals surface area contributed by atoms with Crippen molar-refractivity contribution >= 4 is 17.5 Å². The molecular formula is C19H20N4O2S. The molecule has 134 valence electrons. The topological polar surface area (TPSA) is 69.9 Å². The summed E-state index contributed by atoms with van der Waals surface area (Å²) in [6.45, 7) is 2.63. The first-order valence-corrected chi connectivity index (χ1v) is 9.32. The van der Waals surface area contributed by atoms with E-state index >= 15 is 0 Å². The van der Waals surface area contributed by atoms with Gasteiger partial charge in [0, 0.05) is 5.56 Å².